The molecule has 14 N–H and O–H groups in total. The number of aromatic hydroxyl groups is 2. The third-order valence-electron chi connectivity index (χ3n) is 13.4. The molecule has 0 bridgehead atoms. The number of hydrogen-bond acceptors (Lipinski definition) is 24. The van der Waals surface area contributed by atoms with Crippen LogP contribution in [0.1, 0.15) is 42.4 Å². The molecule has 72 heavy (non-hydrogen) atoms. The Balaban J connectivity index is 1.09. The fraction of sp³-hybridized carbons (Fsp3) is 0.511. The van der Waals surface area contributed by atoms with E-state index in [2.05, 4.69) is 0 Å². The number of aliphatic hydroxyl groups excluding tert-OH is 10. The van der Waals surface area contributed by atoms with Crippen LogP contribution in [-0.4, -0.2) is 212 Å². The maximum atomic E-state index is 12.6. The predicted octanol–water partition coefficient (Wildman–Crippen LogP) is -3.03. The van der Waals surface area contributed by atoms with Crippen LogP contribution in [0.25, 0.3) is 11.1 Å². The van der Waals surface area contributed by atoms with Crippen LogP contribution in [0.5, 0.6) is 23.0 Å². The van der Waals surface area contributed by atoms with Crippen molar-refractivity contribution in [3.05, 3.63) is 77.4 Å². The molecule has 1 aliphatic carbocycles. The molecule has 5 aliphatic heterocycles. The van der Waals surface area contributed by atoms with E-state index in [1.54, 1.807) is 24.3 Å². The number of aliphatic imine (C=N–C) groups is 1. The summed E-state index contributed by atoms with van der Waals surface area (Å²) in [6.45, 7) is -1.41. The minimum atomic E-state index is -2.29. The molecule has 3 saturated heterocycles. The molecular formula is C47H53NO24. The molecule has 390 valence electrons. The number of allylic oxidation sites excluding steroid dienone is 1. The summed E-state index contributed by atoms with van der Waals surface area (Å²) in [7, 11) is 0. The SMILES string of the molecule is CC(O)(CC(=O)O)CC(=O)OCC1OC(Oc2cc(O)c3c(c2)OC2(OC4OC(CO)C(O)C(O)C4OC4OC(CO)C(O)C(O)C4O)C(c4ccc(O)cc4)=C4C(=Nc5ccccc54)C32)C(O)C(O)C1O. The standard InChI is InChI=1S/C47H53NO24/c1-46(64,12-27(53)54)13-28(55)65-16-26-36(58)38(60)40(62)43(69-26)66-19-10-22(52)30-23(11-19)71-47(31(17-6-8-18(51)9-7-17)29-20-4-2-3-5-21(20)48-33(29)32(30)47)72-45-42(39(61)35(57)25(15-50)68-45)70-44-41(63)37(59)34(56)24(14-49)67-44/h2-11,24-26,32,34-45,49-52,56-64H,12-16H2,1H3,(H,53,54). The van der Waals surface area contributed by atoms with Crippen molar-refractivity contribution in [1.29, 1.82) is 0 Å². The summed E-state index contributed by atoms with van der Waals surface area (Å²) in [5, 5.41) is 150. The van der Waals surface area contributed by atoms with Crippen LogP contribution in [0.4, 0.5) is 5.69 Å². The van der Waals surface area contributed by atoms with Crippen LogP contribution < -0.4 is 9.47 Å². The van der Waals surface area contributed by atoms with Crippen LogP contribution in [0.2, 0.25) is 0 Å². The van der Waals surface area contributed by atoms with E-state index >= 15 is 0 Å². The summed E-state index contributed by atoms with van der Waals surface area (Å²) in [6, 6.07) is 15.1. The number of carboxylic acid groups (broad SMARTS) is 1. The van der Waals surface area contributed by atoms with Gasteiger partial charge < -0.3 is 109 Å². The van der Waals surface area contributed by atoms with Crippen molar-refractivity contribution in [2.45, 2.75) is 129 Å². The van der Waals surface area contributed by atoms with Gasteiger partial charge in [0, 0.05) is 28.8 Å². The van der Waals surface area contributed by atoms with Gasteiger partial charge in [0.1, 0.15) is 109 Å². The summed E-state index contributed by atoms with van der Waals surface area (Å²) >= 11 is 0. The molecule has 3 fully saturated rings. The Labute approximate surface area is 407 Å². The number of fused-ring (bicyclic) bond motifs is 7. The van der Waals surface area contributed by atoms with Gasteiger partial charge in [0.05, 0.1) is 48.6 Å². The van der Waals surface area contributed by atoms with E-state index in [1.807, 2.05) is 0 Å². The second kappa shape index (κ2) is 19.8. The summed E-state index contributed by atoms with van der Waals surface area (Å²) < 4.78 is 48.3. The molecule has 0 amide bonds. The average molecular weight is 1020 g/mol. The topological polar surface area (TPSA) is 404 Å². The second-order valence-corrected chi connectivity index (χ2v) is 18.6. The van der Waals surface area contributed by atoms with E-state index < -0.39 is 160 Å². The molecular weight excluding hydrogens is 962 g/mol. The minimum Gasteiger partial charge on any atom is -0.508 e. The van der Waals surface area contributed by atoms with Crippen molar-refractivity contribution in [3.8, 4) is 23.0 Å². The number of para-hydroxylation sites is 1. The smallest absolute Gasteiger partial charge is 0.308 e. The molecule has 25 nitrogen and oxygen atoms in total. The van der Waals surface area contributed by atoms with Gasteiger partial charge in [-0.25, -0.2) is 0 Å². The molecule has 9 rings (SSSR count). The van der Waals surface area contributed by atoms with Crippen molar-refractivity contribution in [3.63, 3.8) is 0 Å². The number of carbonyl (C=O) groups is 2. The number of aliphatic hydroxyl groups is 11. The zero-order chi connectivity index (χ0) is 51.7. The number of ether oxygens (including phenoxy) is 8. The maximum Gasteiger partial charge on any atom is 0.308 e. The summed E-state index contributed by atoms with van der Waals surface area (Å²) in [6.07, 6.45) is -29.3. The first-order valence-corrected chi connectivity index (χ1v) is 22.7. The molecule has 5 heterocycles. The molecule has 0 radical (unpaired) electrons. The lowest BCUT2D eigenvalue weighted by atomic mass is 9.88. The third-order valence-corrected chi connectivity index (χ3v) is 13.4. The van der Waals surface area contributed by atoms with E-state index in [0.717, 1.165) is 13.0 Å². The Hall–Kier alpha value is -5.43. The highest BCUT2D eigenvalue weighted by Crippen LogP contribution is 2.65. The van der Waals surface area contributed by atoms with Crippen molar-refractivity contribution < 1.29 is 119 Å². The maximum absolute atomic E-state index is 12.6. The molecule has 3 aromatic rings. The molecule has 0 spiro atoms. The van der Waals surface area contributed by atoms with E-state index in [1.165, 1.54) is 30.3 Å². The van der Waals surface area contributed by atoms with Crippen molar-refractivity contribution in [1.82, 2.24) is 0 Å². The molecule has 25 heteroatoms. The lowest BCUT2D eigenvalue weighted by Gasteiger charge is -2.47. The quantitative estimate of drug-likeness (QED) is 0.0673. The van der Waals surface area contributed by atoms with Crippen molar-refractivity contribution in [2.24, 2.45) is 4.99 Å². The van der Waals surface area contributed by atoms with Crippen LogP contribution >= 0.6 is 0 Å². The Morgan fingerprint density at radius 3 is 2.01 bits per heavy atom. The largest absolute Gasteiger partial charge is 0.508 e. The molecule has 0 aromatic heterocycles. The highest BCUT2D eigenvalue weighted by atomic mass is 16.8. The van der Waals surface area contributed by atoms with Gasteiger partial charge in [-0.1, -0.05) is 30.3 Å². The lowest BCUT2D eigenvalue weighted by molar-refractivity contribution is -0.384. The number of phenolic OH excluding ortho intramolecular Hbond substituents is 2. The van der Waals surface area contributed by atoms with Gasteiger partial charge >= 0.3 is 11.9 Å². The molecule has 3 aromatic carbocycles. The Morgan fingerprint density at radius 1 is 0.736 bits per heavy atom. The molecule has 18 unspecified atom stereocenters. The van der Waals surface area contributed by atoms with E-state index in [-0.39, 0.29) is 34.1 Å². The van der Waals surface area contributed by atoms with Gasteiger partial charge in [0.2, 0.25) is 6.29 Å². The predicted molar refractivity (Wildman–Crippen MR) is 236 cm³/mol. The lowest BCUT2D eigenvalue weighted by Crippen LogP contribution is -2.65. The van der Waals surface area contributed by atoms with Gasteiger partial charge in [-0.05, 0) is 30.7 Å². The number of carbonyl (C=O) groups excluding carboxylic acids is 1. The number of rotatable bonds is 15. The fourth-order valence-corrected chi connectivity index (χ4v) is 9.85. The second-order valence-electron chi connectivity index (χ2n) is 18.6. The van der Waals surface area contributed by atoms with Crippen LogP contribution in [0.3, 0.4) is 0 Å². The number of aliphatic carboxylic acids is 1. The number of carboxylic acids is 1. The number of benzene rings is 3. The monoisotopic (exact) mass is 1020 g/mol. The number of hydrogen-bond donors (Lipinski definition) is 14. The number of nitrogens with zero attached hydrogens (tertiary/aromatic N) is 1. The van der Waals surface area contributed by atoms with Crippen LogP contribution in [0.15, 0.2) is 65.7 Å². The van der Waals surface area contributed by atoms with Crippen molar-refractivity contribution in [2.75, 3.05) is 19.8 Å². The van der Waals surface area contributed by atoms with Gasteiger partial charge in [-0.2, -0.15) is 0 Å². The van der Waals surface area contributed by atoms with Gasteiger partial charge in [-0.3, -0.25) is 14.6 Å². The Morgan fingerprint density at radius 2 is 1.35 bits per heavy atom. The zero-order valence-electron chi connectivity index (χ0n) is 37.8. The first kappa shape index (κ1) is 51.5. The van der Waals surface area contributed by atoms with Crippen molar-refractivity contribution >= 4 is 34.5 Å². The molecule has 18 atom stereocenters. The Kier molecular flexibility index (Phi) is 14.1. The van der Waals surface area contributed by atoms with Crippen LogP contribution in [-0.2, 0) is 38.0 Å². The van der Waals surface area contributed by atoms with Gasteiger partial charge in [-0.15, -0.1) is 0 Å². The third kappa shape index (κ3) is 9.18. The van der Waals surface area contributed by atoms with Crippen LogP contribution in [0, 0.1) is 0 Å². The average Bonchev–Trinajstić information content (AvgIpc) is 3.94. The summed E-state index contributed by atoms with van der Waals surface area (Å²) in [5.74, 6) is -7.21. The highest BCUT2D eigenvalue weighted by Gasteiger charge is 2.66. The highest BCUT2D eigenvalue weighted by molar-refractivity contribution is 6.41. The summed E-state index contributed by atoms with van der Waals surface area (Å²) in [5.41, 5.74) is 0.280. The number of phenols is 2. The minimum absolute atomic E-state index is 0.00539. The molecule has 0 saturated carbocycles. The normalized spacial score (nSPS) is 36.6. The first-order chi connectivity index (χ1) is 34.2. The Bertz CT molecular complexity index is 2590. The fourth-order valence-electron chi connectivity index (χ4n) is 9.85. The van der Waals surface area contributed by atoms with Gasteiger partial charge in [0.15, 0.2) is 12.6 Å². The summed E-state index contributed by atoms with van der Waals surface area (Å²) in [4.78, 5) is 28.6. The zero-order valence-corrected chi connectivity index (χ0v) is 37.8. The van der Waals surface area contributed by atoms with E-state index in [9.17, 15) is 76.0 Å². The van der Waals surface area contributed by atoms with E-state index in [0.29, 0.717) is 22.4 Å². The molecule has 6 aliphatic rings. The van der Waals surface area contributed by atoms with Gasteiger partial charge in [0.25, 0.3) is 5.79 Å². The number of esters is 1. The van der Waals surface area contributed by atoms with E-state index in [4.69, 9.17) is 48.0 Å². The first-order valence-electron chi connectivity index (χ1n) is 22.7.